The molecule has 0 aromatic heterocycles. The average molecular weight is 944 g/mol. The van der Waals surface area contributed by atoms with Crippen molar-refractivity contribution in [3.05, 3.63) is 0 Å². The van der Waals surface area contributed by atoms with E-state index in [0.717, 1.165) is 7.11 Å². The standard InChI is InChI=1S/C2H4O3.14CH2O3/c1-5-2(3)4;14*2-1(3)4/h1H3,(H,3,4);14*(H2,2,3,4). The molecule has 0 heterocycles. The predicted octanol–water partition coefficient (Wildman–Crippen LogP) is 3.42. The predicted molar refractivity (Wildman–Crippen MR) is 164 cm³/mol. The second-order valence-corrected chi connectivity index (χ2v) is 4.43. The Balaban J connectivity index is -0.0000000286. The third-order valence-corrected chi connectivity index (χ3v) is 0.175. The molecule has 0 aromatic rings. The van der Waals surface area contributed by atoms with Crippen molar-refractivity contribution in [1.29, 1.82) is 0 Å². The molecular formula is C16H32O45. The molecule has 0 amide bonds. The van der Waals surface area contributed by atoms with Crippen molar-refractivity contribution in [2.45, 2.75) is 0 Å². The summed E-state index contributed by atoms with van der Waals surface area (Å²) < 4.78 is 3.67. The van der Waals surface area contributed by atoms with Crippen LogP contribution in [0.2, 0.25) is 0 Å². The van der Waals surface area contributed by atoms with Gasteiger partial charge in [0.1, 0.15) is 0 Å². The number of ether oxygens (including phenoxy) is 1. The number of hydrogen-bond donors (Lipinski definition) is 29. The summed E-state index contributed by atoms with van der Waals surface area (Å²) in [5, 5.41) is 203. The molecule has 0 aliphatic heterocycles. The zero-order chi connectivity index (χ0) is 54.4. The van der Waals surface area contributed by atoms with Crippen LogP contribution < -0.4 is 0 Å². The summed E-state index contributed by atoms with van der Waals surface area (Å²) in [7, 11) is 1.10. The zero-order valence-corrected chi connectivity index (χ0v) is 28.0. The Morgan fingerprint density at radius 1 is 0.180 bits per heavy atom. The normalized spacial score (nSPS) is 6.05. The first-order valence-electron chi connectivity index (χ1n) is 10.2. The lowest BCUT2D eigenvalue weighted by Gasteiger charge is -1.79. The number of carboxylic acid groups (broad SMARTS) is 29. The van der Waals surface area contributed by atoms with Gasteiger partial charge < -0.3 is 153 Å². The van der Waals surface area contributed by atoms with E-state index < -0.39 is 92.3 Å². The highest BCUT2D eigenvalue weighted by Crippen LogP contribution is 1.60. The van der Waals surface area contributed by atoms with Crippen LogP contribution in [0.1, 0.15) is 0 Å². The summed E-state index contributed by atoms with van der Waals surface area (Å²) in [5.41, 5.74) is 0. The molecule has 45 nitrogen and oxygen atoms in total. The van der Waals surface area contributed by atoms with E-state index in [1.54, 1.807) is 0 Å². The molecule has 0 bridgehead atoms. The Kier molecular flexibility index (Phi) is 148. The van der Waals surface area contributed by atoms with Gasteiger partial charge in [-0.15, -0.1) is 0 Å². The van der Waals surface area contributed by atoms with Gasteiger partial charge in [0, 0.05) is 0 Å². The number of methoxy groups -OCH3 is 1. The molecule has 29 N–H and O–H groups in total. The van der Waals surface area contributed by atoms with Crippen molar-refractivity contribution in [3.63, 3.8) is 0 Å². The summed E-state index contributed by atoms with van der Waals surface area (Å²) in [6, 6.07) is 0. The third kappa shape index (κ3) is 1360. The number of carbonyl (C=O) groups is 15. The van der Waals surface area contributed by atoms with Crippen molar-refractivity contribution in [2.75, 3.05) is 7.11 Å². The minimum atomic E-state index is -1.83. The smallest absolute Gasteiger partial charge is 0.450 e. The van der Waals surface area contributed by atoms with Crippen LogP contribution in [0.5, 0.6) is 0 Å². The van der Waals surface area contributed by atoms with Crippen LogP contribution in [-0.2, 0) is 4.74 Å². The molecule has 0 atom stereocenters. The van der Waals surface area contributed by atoms with Crippen LogP contribution in [0.25, 0.3) is 0 Å². The second kappa shape index (κ2) is 92.2. The fourth-order valence-electron chi connectivity index (χ4n) is 0. The van der Waals surface area contributed by atoms with Crippen LogP contribution in [0, 0.1) is 0 Å². The van der Waals surface area contributed by atoms with Crippen molar-refractivity contribution >= 4 is 92.3 Å². The molecule has 0 spiro atoms. The minimum Gasteiger partial charge on any atom is -0.450 e. The van der Waals surface area contributed by atoms with Crippen molar-refractivity contribution in [2.24, 2.45) is 0 Å². The SMILES string of the molecule is COC(=O)O.O=C(O)O.O=C(O)O.O=C(O)O.O=C(O)O.O=C(O)O.O=C(O)O.O=C(O)O.O=C(O)O.O=C(O)O.O=C(O)O.O=C(O)O.O=C(O)O.O=C(O)O.O=C(O)O. The van der Waals surface area contributed by atoms with Crippen LogP contribution in [0.4, 0.5) is 71.9 Å². The zero-order valence-electron chi connectivity index (χ0n) is 28.0. The molecule has 0 aliphatic rings. The van der Waals surface area contributed by atoms with Crippen LogP contribution >= 0.6 is 0 Å². The summed E-state index contributed by atoms with van der Waals surface area (Å²) in [6.07, 6.45) is -26.9. The first-order chi connectivity index (χ1) is 26.5. The molecule has 0 aliphatic carbocycles. The van der Waals surface area contributed by atoms with Crippen LogP contribution in [0.15, 0.2) is 0 Å². The minimum absolute atomic E-state index is 1.10. The largest absolute Gasteiger partial charge is 0.505 e. The molecule has 0 saturated carbocycles. The van der Waals surface area contributed by atoms with Gasteiger partial charge in [-0.2, -0.15) is 0 Å². The van der Waals surface area contributed by atoms with Gasteiger partial charge in [0.05, 0.1) is 7.11 Å². The van der Waals surface area contributed by atoms with E-state index in [1.807, 2.05) is 0 Å². The lowest BCUT2D eigenvalue weighted by atomic mass is 11.4. The maximum atomic E-state index is 9.15. The molecular weight excluding hydrogens is 912 g/mol. The van der Waals surface area contributed by atoms with Gasteiger partial charge in [0.25, 0.3) is 0 Å². The van der Waals surface area contributed by atoms with Gasteiger partial charge >= 0.3 is 92.3 Å². The van der Waals surface area contributed by atoms with E-state index in [9.17, 15) is 0 Å². The summed E-state index contributed by atoms with van der Waals surface area (Å²) in [4.78, 5) is 129. The number of hydrogen-bond acceptors (Lipinski definition) is 16. The maximum Gasteiger partial charge on any atom is 0.505 e. The summed E-state index contributed by atoms with van der Waals surface area (Å²) in [5.74, 6) is 0. The summed E-state index contributed by atoms with van der Waals surface area (Å²) in [6.45, 7) is 0. The van der Waals surface area contributed by atoms with Gasteiger partial charge in [-0.25, -0.2) is 71.9 Å². The molecule has 45 heteroatoms. The summed E-state index contributed by atoms with van der Waals surface area (Å²) >= 11 is 0. The van der Waals surface area contributed by atoms with E-state index in [2.05, 4.69) is 4.74 Å². The van der Waals surface area contributed by atoms with Gasteiger partial charge in [-0.3, -0.25) is 0 Å². The maximum absolute atomic E-state index is 9.15. The fraction of sp³-hybridized carbons (Fsp3) is 0.0625. The molecule has 61 heavy (non-hydrogen) atoms. The average Bonchev–Trinajstić information content (AvgIpc) is 2.84. The third-order valence-electron chi connectivity index (χ3n) is 0.175. The van der Waals surface area contributed by atoms with E-state index in [-0.39, 0.29) is 0 Å². The first kappa shape index (κ1) is 98.0. The molecule has 366 valence electrons. The van der Waals surface area contributed by atoms with Gasteiger partial charge in [-0.1, -0.05) is 0 Å². The van der Waals surface area contributed by atoms with Gasteiger partial charge in [0.15, 0.2) is 0 Å². The van der Waals surface area contributed by atoms with E-state index in [0.29, 0.717) is 0 Å². The van der Waals surface area contributed by atoms with Gasteiger partial charge in [-0.05, 0) is 0 Å². The Morgan fingerprint density at radius 2 is 0.197 bits per heavy atom. The Hall–Kier alpha value is -10.9. The van der Waals surface area contributed by atoms with Crippen molar-refractivity contribution in [3.8, 4) is 0 Å². The highest BCUT2D eigenvalue weighted by molar-refractivity contribution is 5.57. The second-order valence-electron chi connectivity index (χ2n) is 4.43. The quantitative estimate of drug-likeness (QED) is 0.155. The Bertz CT molecular complexity index is 799. The Morgan fingerprint density at radius 3 is 0.197 bits per heavy atom. The molecule has 0 rings (SSSR count). The Labute approximate surface area is 325 Å². The lowest BCUT2D eigenvalue weighted by molar-refractivity contribution is 0.113. The van der Waals surface area contributed by atoms with E-state index in [4.69, 9.17) is 220 Å². The molecule has 0 radical (unpaired) electrons. The van der Waals surface area contributed by atoms with Gasteiger partial charge in [0.2, 0.25) is 0 Å². The van der Waals surface area contributed by atoms with Crippen LogP contribution in [-0.4, -0.2) is 248 Å². The highest BCUT2D eigenvalue weighted by atomic mass is 16.7. The fourth-order valence-corrected chi connectivity index (χ4v) is 0. The van der Waals surface area contributed by atoms with Crippen LogP contribution in [0.3, 0.4) is 0 Å². The van der Waals surface area contributed by atoms with Crippen molar-refractivity contribution in [1.82, 2.24) is 0 Å². The number of rotatable bonds is 0. The topological polar surface area (TPSA) is 852 Å². The monoisotopic (exact) mass is 944 g/mol. The first-order valence-corrected chi connectivity index (χ1v) is 10.2. The molecule has 0 saturated heterocycles. The molecule has 0 unspecified atom stereocenters. The molecule has 0 aromatic carbocycles. The molecule has 0 fully saturated rings. The lowest BCUT2D eigenvalue weighted by Crippen LogP contribution is -1.91. The van der Waals surface area contributed by atoms with E-state index in [1.165, 1.54) is 0 Å². The highest BCUT2D eigenvalue weighted by Gasteiger charge is 1.81. The van der Waals surface area contributed by atoms with E-state index >= 15 is 0 Å². The van der Waals surface area contributed by atoms with Crippen molar-refractivity contribution < 1.29 is 225 Å².